The van der Waals surface area contributed by atoms with E-state index in [0.717, 1.165) is 17.0 Å². The number of nitrogens with zero attached hydrogens (tertiary/aromatic N) is 1. The van der Waals surface area contributed by atoms with Crippen molar-refractivity contribution >= 4 is 48.9 Å². The van der Waals surface area contributed by atoms with Gasteiger partial charge < -0.3 is 0 Å². The zero-order valence-corrected chi connectivity index (χ0v) is 21.5. The number of rotatable bonds is 10. The number of amides is 3. The van der Waals surface area contributed by atoms with E-state index in [4.69, 9.17) is 5.21 Å². The van der Waals surface area contributed by atoms with Gasteiger partial charge in [-0.05, 0) is 49.2 Å². The van der Waals surface area contributed by atoms with Gasteiger partial charge in [-0.15, -0.1) is 11.3 Å². The van der Waals surface area contributed by atoms with Gasteiger partial charge in [-0.2, -0.15) is 4.72 Å². The first kappa shape index (κ1) is 26.6. The van der Waals surface area contributed by atoms with Crippen LogP contribution in [-0.2, 0) is 24.7 Å². The fourth-order valence-electron chi connectivity index (χ4n) is 3.77. The Kier molecular flexibility index (Phi) is 7.57. The van der Waals surface area contributed by atoms with Crippen LogP contribution in [0.4, 0.5) is 0 Å². The molecule has 3 amide bonds. The molecule has 2 aromatic carbocycles. The molecule has 2 heterocycles. The SMILES string of the molecule is O=C(NO)C(CCCN1C(=O)c2ccccc2C1=O)NS(=O)(=O)c1ccc(S(=O)(=O)c2ccccc2)s1. The maximum atomic E-state index is 12.9. The quantitative estimate of drug-likeness (QED) is 0.191. The van der Waals surface area contributed by atoms with Gasteiger partial charge in [0, 0.05) is 6.54 Å². The third kappa shape index (κ3) is 5.33. The van der Waals surface area contributed by atoms with E-state index in [1.54, 1.807) is 30.3 Å². The van der Waals surface area contributed by atoms with Crippen molar-refractivity contribution in [3.8, 4) is 0 Å². The van der Waals surface area contributed by atoms with E-state index in [-0.39, 0.29) is 43.8 Å². The number of fused-ring (bicyclic) bond motifs is 1. The van der Waals surface area contributed by atoms with Crippen LogP contribution in [0.1, 0.15) is 33.6 Å². The van der Waals surface area contributed by atoms with E-state index in [0.29, 0.717) is 11.3 Å². The van der Waals surface area contributed by atoms with Crippen molar-refractivity contribution in [1.29, 1.82) is 0 Å². The Hall–Kier alpha value is -3.43. The Bertz CT molecular complexity index is 1530. The van der Waals surface area contributed by atoms with Gasteiger partial charge in [0.15, 0.2) is 0 Å². The van der Waals surface area contributed by atoms with Crippen LogP contribution in [0.15, 0.2) is 80.0 Å². The molecule has 0 spiro atoms. The molecule has 3 N–H and O–H groups in total. The molecule has 1 aliphatic rings. The number of carbonyl (C=O) groups excluding carboxylic acids is 3. The van der Waals surface area contributed by atoms with Crippen LogP contribution in [0.2, 0.25) is 0 Å². The monoisotopic (exact) mass is 563 g/mol. The summed E-state index contributed by atoms with van der Waals surface area (Å²) < 4.78 is 53.1. The first-order chi connectivity index (χ1) is 17.6. The van der Waals surface area contributed by atoms with Crippen LogP contribution in [0.5, 0.6) is 0 Å². The largest absolute Gasteiger partial charge is 0.289 e. The second-order valence-electron chi connectivity index (χ2n) is 7.99. The molecule has 0 aliphatic carbocycles. The number of nitrogens with one attached hydrogen (secondary N) is 2. The average Bonchev–Trinajstić information content (AvgIpc) is 3.50. The lowest BCUT2D eigenvalue weighted by molar-refractivity contribution is -0.131. The number of hydroxylamine groups is 1. The maximum Gasteiger partial charge on any atom is 0.261 e. The molecule has 4 rings (SSSR count). The Balaban J connectivity index is 1.46. The number of hydrogen-bond donors (Lipinski definition) is 3. The molecule has 1 aliphatic heterocycles. The third-order valence-electron chi connectivity index (χ3n) is 5.62. The van der Waals surface area contributed by atoms with Crippen molar-refractivity contribution in [2.24, 2.45) is 0 Å². The number of benzene rings is 2. The van der Waals surface area contributed by atoms with E-state index >= 15 is 0 Å². The van der Waals surface area contributed by atoms with Crippen molar-refractivity contribution in [3.63, 3.8) is 0 Å². The molecular weight excluding hydrogens is 542 g/mol. The molecule has 194 valence electrons. The predicted octanol–water partition coefficient (Wildman–Crippen LogP) is 1.81. The number of sulfonamides is 1. The fourth-order valence-corrected chi connectivity index (χ4v) is 8.21. The van der Waals surface area contributed by atoms with E-state index in [1.165, 1.54) is 29.7 Å². The molecule has 37 heavy (non-hydrogen) atoms. The molecule has 1 unspecified atom stereocenters. The molecule has 11 nitrogen and oxygen atoms in total. The minimum Gasteiger partial charge on any atom is -0.289 e. The number of sulfone groups is 1. The summed E-state index contributed by atoms with van der Waals surface area (Å²) in [4.78, 5) is 38.2. The Morgan fingerprint density at radius 2 is 1.43 bits per heavy atom. The highest BCUT2D eigenvalue weighted by atomic mass is 32.3. The number of thiophene rings is 1. The fraction of sp³-hybridized carbons (Fsp3) is 0.174. The predicted molar refractivity (Wildman–Crippen MR) is 131 cm³/mol. The highest BCUT2D eigenvalue weighted by Gasteiger charge is 2.35. The zero-order chi connectivity index (χ0) is 26.8. The molecule has 0 saturated carbocycles. The minimum atomic E-state index is -4.37. The summed E-state index contributed by atoms with van der Waals surface area (Å²) in [7, 11) is -8.31. The molecule has 3 aromatic rings. The Morgan fingerprint density at radius 3 is 2.03 bits per heavy atom. The normalized spacial score (nSPS) is 14.5. The summed E-state index contributed by atoms with van der Waals surface area (Å²) in [5.74, 6) is -2.04. The first-order valence-electron chi connectivity index (χ1n) is 10.9. The molecule has 14 heteroatoms. The van der Waals surface area contributed by atoms with Crippen LogP contribution in [0, 0.1) is 0 Å². The summed E-state index contributed by atoms with van der Waals surface area (Å²) in [6, 6.07) is 14.6. The second-order valence-corrected chi connectivity index (χ2v) is 13.2. The number of hydrogen-bond acceptors (Lipinski definition) is 9. The van der Waals surface area contributed by atoms with Gasteiger partial charge in [-0.1, -0.05) is 30.3 Å². The van der Waals surface area contributed by atoms with Gasteiger partial charge in [0.25, 0.3) is 27.7 Å². The molecule has 1 aromatic heterocycles. The van der Waals surface area contributed by atoms with Gasteiger partial charge >= 0.3 is 0 Å². The van der Waals surface area contributed by atoms with Crippen molar-refractivity contribution < 1.29 is 36.4 Å². The lowest BCUT2D eigenvalue weighted by Gasteiger charge is -2.18. The standard InChI is InChI=1S/C23H21N3O8S3/c27-21(24-30)18(11-6-14-26-22(28)16-9-4-5-10-17(16)23(26)29)25-37(33,34)20-13-12-19(35-20)36(31,32)15-7-2-1-3-8-15/h1-5,7-10,12-13,18,25,30H,6,11,14H2,(H,24,27). The molecule has 1 atom stereocenters. The van der Waals surface area contributed by atoms with Crippen LogP contribution >= 0.6 is 11.3 Å². The Morgan fingerprint density at radius 1 is 0.865 bits per heavy atom. The van der Waals surface area contributed by atoms with E-state index in [9.17, 15) is 31.2 Å². The van der Waals surface area contributed by atoms with Gasteiger partial charge in [-0.3, -0.25) is 24.5 Å². The highest BCUT2D eigenvalue weighted by molar-refractivity contribution is 7.95. The minimum absolute atomic E-state index is 0.000509. The number of imide groups is 1. The average molecular weight is 564 g/mol. The van der Waals surface area contributed by atoms with Crippen LogP contribution in [0.3, 0.4) is 0 Å². The molecular formula is C23H21N3O8S3. The summed E-state index contributed by atoms with van der Waals surface area (Å²) in [6.07, 6.45) is -0.121. The lowest BCUT2D eigenvalue weighted by atomic mass is 10.1. The van der Waals surface area contributed by atoms with Crippen molar-refractivity contribution in [3.05, 3.63) is 77.9 Å². The molecule has 0 fully saturated rings. The lowest BCUT2D eigenvalue weighted by Crippen LogP contribution is -2.46. The van der Waals surface area contributed by atoms with Gasteiger partial charge in [0.05, 0.1) is 16.0 Å². The van der Waals surface area contributed by atoms with Gasteiger partial charge in [-0.25, -0.2) is 22.3 Å². The van der Waals surface area contributed by atoms with Crippen molar-refractivity contribution in [1.82, 2.24) is 15.1 Å². The van der Waals surface area contributed by atoms with E-state index in [2.05, 4.69) is 4.72 Å². The topological polar surface area (TPSA) is 167 Å². The zero-order valence-electron chi connectivity index (χ0n) is 19.0. The maximum absolute atomic E-state index is 12.9. The summed E-state index contributed by atoms with van der Waals surface area (Å²) in [6.45, 7) is -0.0816. The van der Waals surface area contributed by atoms with E-state index in [1.807, 2.05) is 0 Å². The Labute approximate surface area is 216 Å². The first-order valence-corrected chi connectivity index (χ1v) is 14.7. The van der Waals surface area contributed by atoms with E-state index < -0.39 is 43.6 Å². The van der Waals surface area contributed by atoms with Gasteiger partial charge in [0.1, 0.15) is 14.5 Å². The summed E-state index contributed by atoms with van der Waals surface area (Å²) in [5.41, 5.74) is 1.92. The van der Waals surface area contributed by atoms with Crippen molar-refractivity contribution in [2.75, 3.05) is 6.54 Å². The molecule has 0 radical (unpaired) electrons. The summed E-state index contributed by atoms with van der Waals surface area (Å²) >= 11 is 0.511. The van der Waals surface area contributed by atoms with Crippen molar-refractivity contribution in [2.45, 2.75) is 32.2 Å². The van der Waals surface area contributed by atoms with Gasteiger partial charge in [0.2, 0.25) is 9.84 Å². The highest BCUT2D eigenvalue weighted by Crippen LogP contribution is 2.30. The third-order valence-corrected chi connectivity index (χ3v) is 10.9. The number of carbonyl (C=O) groups is 3. The molecule has 0 saturated heterocycles. The second kappa shape index (κ2) is 10.5. The summed E-state index contributed by atoms with van der Waals surface area (Å²) in [5, 5.41) is 9.09. The van der Waals surface area contributed by atoms with Crippen LogP contribution in [-0.4, -0.2) is 57.3 Å². The smallest absolute Gasteiger partial charge is 0.261 e. The molecule has 0 bridgehead atoms. The van der Waals surface area contributed by atoms with Crippen LogP contribution < -0.4 is 10.2 Å². The van der Waals surface area contributed by atoms with Crippen LogP contribution in [0.25, 0.3) is 0 Å².